The third kappa shape index (κ3) is 16.1. The lowest BCUT2D eigenvalue weighted by atomic mass is 9.89. The summed E-state index contributed by atoms with van der Waals surface area (Å²) in [7, 11) is 0. The number of aromatic nitrogens is 1. The minimum Gasteiger partial charge on any atom is -0.393 e. The number of ketones is 3. The van der Waals surface area contributed by atoms with Gasteiger partial charge in [0.15, 0.2) is 17.3 Å². The summed E-state index contributed by atoms with van der Waals surface area (Å²) >= 11 is 0. The molecule has 58 heavy (non-hydrogen) atoms. The van der Waals surface area contributed by atoms with Gasteiger partial charge in [0, 0.05) is 55.6 Å². The van der Waals surface area contributed by atoms with Crippen molar-refractivity contribution >= 4 is 35.1 Å². The highest BCUT2D eigenvalue weighted by molar-refractivity contribution is 5.99. The molecule has 12 nitrogen and oxygen atoms in total. The molecule has 0 bridgehead atoms. The van der Waals surface area contributed by atoms with Gasteiger partial charge in [-0.1, -0.05) is 74.5 Å². The molecular formula is C46H63N5O7. The third-order valence-electron chi connectivity index (χ3n) is 10.6. The molecule has 0 fully saturated rings. The lowest BCUT2D eigenvalue weighted by molar-refractivity contribution is -0.136. The molecule has 12 heteroatoms. The van der Waals surface area contributed by atoms with Crippen LogP contribution in [0.5, 0.6) is 0 Å². The van der Waals surface area contributed by atoms with Gasteiger partial charge in [0.2, 0.25) is 17.7 Å². The fourth-order valence-corrected chi connectivity index (χ4v) is 6.99. The van der Waals surface area contributed by atoms with Crippen molar-refractivity contribution in [3.63, 3.8) is 0 Å². The third-order valence-corrected chi connectivity index (χ3v) is 10.6. The fraction of sp³-hybridized carbons (Fsp3) is 0.500. The normalized spacial score (nSPS) is 14.3. The standard InChI is InChI=1S/C46H63N5O7/c1-6-48-46(58)39(33(5)52)30-43(55)40(23-15-16-25-51(7-2)8-3)50-45(57)37(26-34-18-11-9-12-19-34)28-41(53)32(4)49-44(56)38(27-35-20-13-10-14-21-35)29-42(54)36-22-17-24-47-31-36/h9-14,17-22,24,31-33,37-40,52H,6-8,15-16,23,25-30H2,1-5H3,(H,48,58)(H,49,56)(H,50,57)/t32-,33+,37+,38+,39?,40-/m0/s1. The van der Waals surface area contributed by atoms with E-state index in [0.717, 1.165) is 37.2 Å². The molecule has 0 saturated carbocycles. The topological polar surface area (TPSA) is 175 Å². The maximum atomic E-state index is 14.2. The van der Waals surface area contributed by atoms with Crippen molar-refractivity contribution in [2.45, 2.75) is 104 Å². The molecule has 6 atom stereocenters. The Morgan fingerprint density at radius 2 is 1.28 bits per heavy atom. The Kier molecular flexibility index (Phi) is 20.7. The number of carbonyl (C=O) groups excluding carboxylic acids is 6. The number of benzene rings is 2. The van der Waals surface area contributed by atoms with E-state index >= 15 is 0 Å². The molecular weight excluding hydrogens is 735 g/mol. The zero-order valence-corrected chi connectivity index (χ0v) is 34.8. The fourth-order valence-electron chi connectivity index (χ4n) is 6.99. The molecule has 0 aliphatic carbocycles. The van der Waals surface area contributed by atoms with Gasteiger partial charge in [0.05, 0.1) is 24.1 Å². The number of aliphatic hydroxyl groups is 1. The monoisotopic (exact) mass is 797 g/mol. The van der Waals surface area contributed by atoms with Crippen LogP contribution in [0.2, 0.25) is 0 Å². The summed E-state index contributed by atoms with van der Waals surface area (Å²) in [6.07, 6.45) is 3.59. The van der Waals surface area contributed by atoms with Gasteiger partial charge in [-0.05, 0) is 95.8 Å². The maximum Gasteiger partial charge on any atom is 0.226 e. The first-order valence-electron chi connectivity index (χ1n) is 20.7. The molecule has 0 aliphatic rings. The molecule has 1 aromatic heterocycles. The van der Waals surface area contributed by atoms with Crippen LogP contribution >= 0.6 is 0 Å². The Labute approximate surface area is 344 Å². The summed E-state index contributed by atoms with van der Waals surface area (Å²) in [5, 5.41) is 18.9. The van der Waals surface area contributed by atoms with Gasteiger partial charge >= 0.3 is 0 Å². The molecule has 3 amide bonds. The second kappa shape index (κ2) is 25.3. The zero-order valence-electron chi connectivity index (χ0n) is 34.8. The molecule has 0 spiro atoms. The summed E-state index contributed by atoms with van der Waals surface area (Å²) in [4.78, 5) is 88.1. The molecule has 2 aromatic carbocycles. The molecule has 4 N–H and O–H groups in total. The van der Waals surface area contributed by atoms with Crippen molar-refractivity contribution in [1.82, 2.24) is 25.8 Å². The lowest BCUT2D eigenvalue weighted by Crippen LogP contribution is -2.48. The summed E-state index contributed by atoms with van der Waals surface area (Å²) < 4.78 is 0. The molecule has 314 valence electrons. The lowest BCUT2D eigenvalue weighted by Gasteiger charge is -2.26. The predicted molar refractivity (Wildman–Crippen MR) is 225 cm³/mol. The summed E-state index contributed by atoms with van der Waals surface area (Å²) in [6.45, 7) is 11.9. The van der Waals surface area contributed by atoms with Crippen LogP contribution in [-0.4, -0.2) is 94.4 Å². The van der Waals surface area contributed by atoms with Crippen LogP contribution in [0.1, 0.15) is 94.6 Å². The molecule has 3 aromatic rings. The molecule has 1 heterocycles. The number of Topliss-reactive ketones (excluding diaryl/α,β-unsaturated/α-hetero) is 3. The SMILES string of the molecule is CCNC(=O)C(CC(=O)[C@H](CCCCN(CC)CC)NC(=O)[C@@H](CC(=O)[C@H](C)NC(=O)[C@@H](CC(=O)c1cccnc1)Cc1ccccc1)Cc1ccccc1)[C@@H](C)O. The summed E-state index contributed by atoms with van der Waals surface area (Å²) in [5.74, 6) is -5.03. The predicted octanol–water partition coefficient (Wildman–Crippen LogP) is 4.93. The van der Waals surface area contributed by atoms with Crippen LogP contribution in [0.25, 0.3) is 0 Å². The number of amides is 3. The second-order valence-electron chi connectivity index (χ2n) is 15.0. The van der Waals surface area contributed by atoms with E-state index in [9.17, 15) is 33.9 Å². The van der Waals surface area contributed by atoms with Gasteiger partial charge in [-0.2, -0.15) is 0 Å². The molecule has 0 saturated heterocycles. The zero-order chi connectivity index (χ0) is 42.5. The second-order valence-corrected chi connectivity index (χ2v) is 15.0. The first kappa shape index (κ1) is 47.3. The molecule has 1 unspecified atom stereocenters. The first-order valence-corrected chi connectivity index (χ1v) is 20.7. The Morgan fingerprint density at radius 1 is 0.690 bits per heavy atom. The summed E-state index contributed by atoms with van der Waals surface area (Å²) in [6, 6.07) is 20.0. The van der Waals surface area contributed by atoms with Crippen molar-refractivity contribution in [1.29, 1.82) is 0 Å². The van der Waals surface area contributed by atoms with Gasteiger partial charge < -0.3 is 26.0 Å². The first-order chi connectivity index (χ1) is 27.9. The number of hydrogen-bond acceptors (Lipinski definition) is 9. The molecule has 0 aliphatic heterocycles. The Hall–Kier alpha value is -5.07. The van der Waals surface area contributed by atoms with Crippen molar-refractivity contribution in [3.8, 4) is 0 Å². The average molecular weight is 798 g/mol. The number of hydrogen-bond donors (Lipinski definition) is 4. The highest BCUT2D eigenvalue weighted by Crippen LogP contribution is 2.20. The smallest absolute Gasteiger partial charge is 0.226 e. The van der Waals surface area contributed by atoms with Crippen LogP contribution < -0.4 is 16.0 Å². The van der Waals surface area contributed by atoms with Gasteiger partial charge in [-0.25, -0.2) is 0 Å². The van der Waals surface area contributed by atoms with Crippen molar-refractivity contribution in [2.24, 2.45) is 17.8 Å². The van der Waals surface area contributed by atoms with Crippen molar-refractivity contribution in [3.05, 3.63) is 102 Å². The number of nitrogens with zero attached hydrogens (tertiary/aromatic N) is 2. The Balaban J connectivity index is 1.82. The van der Waals surface area contributed by atoms with Gasteiger partial charge in [0.25, 0.3) is 0 Å². The minimum atomic E-state index is -1.09. The van der Waals surface area contributed by atoms with E-state index in [4.69, 9.17) is 0 Å². The van der Waals surface area contributed by atoms with E-state index in [-0.39, 0.29) is 49.5 Å². The Bertz CT molecular complexity index is 1730. The number of unbranched alkanes of at least 4 members (excludes halogenated alkanes) is 1. The van der Waals surface area contributed by atoms with Gasteiger partial charge in [-0.15, -0.1) is 0 Å². The van der Waals surface area contributed by atoms with Crippen LogP contribution in [0.3, 0.4) is 0 Å². The van der Waals surface area contributed by atoms with E-state index in [1.165, 1.54) is 13.1 Å². The Morgan fingerprint density at radius 3 is 1.81 bits per heavy atom. The summed E-state index contributed by atoms with van der Waals surface area (Å²) in [5.41, 5.74) is 2.07. The maximum absolute atomic E-state index is 14.2. The quantitative estimate of drug-likeness (QED) is 0.0617. The van der Waals surface area contributed by atoms with E-state index in [1.807, 2.05) is 60.7 Å². The molecule has 0 radical (unpaired) electrons. The number of carbonyl (C=O) groups is 6. The number of rotatable bonds is 27. The van der Waals surface area contributed by atoms with Crippen molar-refractivity contribution in [2.75, 3.05) is 26.2 Å². The van der Waals surface area contributed by atoms with Crippen LogP contribution in [0.4, 0.5) is 0 Å². The van der Waals surface area contributed by atoms with E-state index < -0.39 is 53.7 Å². The highest BCUT2D eigenvalue weighted by Gasteiger charge is 2.33. The van der Waals surface area contributed by atoms with Crippen LogP contribution in [0, 0.1) is 17.8 Å². The number of nitrogens with one attached hydrogen (secondary N) is 3. The average Bonchev–Trinajstić information content (AvgIpc) is 3.22. The van der Waals surface area contributed by atoms with Gasteiger partial charge in [0.1, 0.15) is 0 Å². The number of aliphatic hydroxyl groups excluding tert-OH is 1. The molecule has 3 rings (SSSR count). The van der Waals surface area contributed by atoms with Gasteiger partial charge in [-0.3, -0.25) is 33.8 Å². The highest BCUT2D eigenvalue weighted by atomic mass is 16.3. The largest absolute Gasteiger partial charge is 0.393 e. The van der Waals surface area contributed by atoms with Crippen molar-refractivity contribution < 1.29 is 33.9 Å². The van der Waals surface area contributed by atoms with E-state index in [0.29, 0.717) is 24.9 Å². The van der Waals surface area contributed by atoms with Crippen LogP contribution in [0.15, 0.2) is 85.2 Å². The minimum absolute atomic E-state index is 0.0905. The van der Waals surface area contributed by atoms with E-state index in [1.54, 1.807) is 32.2 Å². The van der Waals surface area contributed by atoms with Crippen LogP contribution in [-0.2, 0) is 36.8 Å². The van der Waals surface area contributed by atoms with E-state index in [2.05, 4.69) is 39.7 Å². The number of pyridine rings is 1.